The standard InChI is InChI=1S/C16H22N6O2/c1-18-14(17)6-7-19-15(23)13-9-11(10-22(13)3)20-16(24)12-5-4-8-21(12)2/h4-5,8-10H,6-7H2,1-3H3,(H2,17,18)(H,19,23)(H,20,24). The lowest BCUT2D eigenvalue weighted by Crippen LogP contribution is -2.29. The third-order valence-corrected chi connectivity index (χ3v) is 3.63. The SMILES string of the molecule is CNC(=N)CCNC(=O)c1cc(NC(=O)c2cccn2C)cn1C. The first kappa shape index (κ1) is 17.3. The molecule has 8 heteroatoms. The molecule has 128 valence electrons. The molecular formula is C16H22N6O2. The van der Waals surface area contributed by atoms with Crippen molar-refractivity contribution in [3.63, 3.8) is 0 Å². The van der Waals surface area contributed by atoms with Crippen molar-refractivity contribution in [2.45, 2.75) is 6.42 Å². The van der Waals surface area contributed by atoms with Crippen LogP contribution in [0.15, 0.2) is 30.6 Å². The lowest BCUT2D eigenvalue weighted by molar-refractivity contribution is 0.0945. The van der Waals surface area contributed by atoms with Gasteiger partial charge < -0.3 is 25.1 Å². The molecular weight excluding hydrogens is 308 g/mol. The number of amides is 2. The van der Waals surface area contributed by atoms with Crippen molar-refractivity contribution < 1.29 is 9.59 Å². The molecule has 4 N–H and O–H groups in total. The number of rotatable bonds is 6. The van der Waals surface area contributed by atoms with E-state index >= 15 is 0 Å². The Kier molecular flexibility index (Phi) is 5.41. The topological polar surface area (TPSA) is 104 Å². The Labute approximate surface area is 140 Å². The minimum absolute atomic E-state index is 0.234. The van der Waals surface area contributed by atoms with Crippen LogP contribution in [0.25, 0.3) is 0 Å². The van der Waals surface area contributed by atoms with Crippen molar-refractivity contribution >= 4 is 23.3 Å². The molecule has 0 bridgehead atoms. The van der Waals surface area contributed by atoms with Crippen LogP contribution in [0.2, 0.25) is 0 Å². The summed E-state index contributed by atoms with van der Waals surface area (Å²) in [5.41, 5.74) is 1.53. The van der Waals surface area contributed by atoms with E-state index in [1.807, 2.05) is 0 Å². The van der Waals surface area contributed by atoms with Crippen molar-refractivity contribution in [2.24, 2.45) is 14.1 Å². The summed E-state index contributed by atoms with van der Waals surface area (Å²) in [7, 11) is 5.20. The highest BCUT2D eigenvalue weighted by Crippen LogP contribution is 2.14. The maximum atomic E-state index is 12.2. The lowest BCUT2D eigenvalue weighted by Gasteiger charge is -2.06. The molecule has 24 heavy (non-hydrogen) atoms. The summed E-state index contributed by atoms with van der Waals surface area (Å²) in [6.45, 7) is 0.370. The fourth-order valence-corrected chi connectivity index (χ4v) is 2.27. The second kappa shape index (κ2) is 7.49. The number of amidine groups is 1. The van der Waals surface area contributed by atoms with Crippen LogP contribution in [-0.4, -0.2) is 40.4 Å². The largest absolute Gasteiger partial charge is 0.377 e. The van der Waals surface area contributed by atoms with Crippen LogP contribution in [0.5, 0.6) is 0 Å². The highest BCUT2D eigenvalue weighted by Gasteiger charge is 2.14. The van der Waals surface area contributed by atoms with Gasteiger partial charge in [0.2, 0.25) is 0 Å². The maximum Gasteiger partial charge on any atom is 0.272 e. The van der Waals surface area contributed by atoms with E-state index in [1.165, 1.54) is 0 Å². The number of anilines is 1. The van der Waals surface area contributed by atoms with E-state index in [2.05, 4.69) is 16.0 Å². The van der Waals surface area contributed by atoms with Gasteiger partial charge in [0.05, 0.1) is 11.5 Å². The normalized spacial score (nSPS) is 10.3. The number of hydrogen-bond acceptors (Lipinski definition) is 3. The average molecular weight is 330 g/mol. The fraction of sp³-hybridized carbons (Fsp3) is 0.312. The van der Waals surface area contributed by atoms with Gasteiger partial charge in [0, 0.05) is 46.5 Å². The van der Waals surface area contributed by atoms with Crippen LogP contribution < -0.4 is 16.0 Å². The first-order chi connectivity index (χ1) is 11.4. The van der Waals surface area contributed by atoms with E-state index < -0.39 is 0 Å². The Bertz CT molecular complexity index is 758. The molecule has 0 aromatic carbocycles. The molecule has 8 nitrogen and oxygen atoms in total. The number of carbonyl (C=O) groups excluding carboxylic acids is 2. The Morgan fingerprint density at radius 1 is 1.17 bits per heavy atom. The van der Waals surface area contributed by atoms with E-state index in [-0.39, 0.29) is 11.8 Å². The molecule has 2 aromatic heterocycles. The number of carbonyl (C=O) groups is 2. The van der Waals surface area contributed by atoms with E-state index in [4.69, 9.17) is 5.41 Å². The summed E-state index contributed by atoms with van der Waals surface area (Å²) in [5.74, 6) is -0.124. The number of aryl methyl sites for hydroxylation is 2. The zero-order valence-corrected chi connectivity index (χ0v) is 14.0. The molecule has 2 amide bonds. The second-order valence-corrected chi connectivity index (χ2v) is 5.42. The number of hydrogen-bond donors (Lipinski definition) is 4. The van der Waals surface area contributed by atoms with Gasteiger partial charge in [-0.3, -0.25) is 15.0 Å². The number of nitrogens with zero attached hydrogens (tertiary/aromatic N) is 2. The smallest absolute Gasteiger partial charge is 0.272 e. The quantitative estimate of drug-likeness (QED) is 0.468. The van der Waals surface area contributed by atoms with Crippen molar-refractivity contribution in [3.8, 4) is 0 Å². The summed E-state index contributed by atoms with van der Waals surface area (Å²) in [5, 5.41) is 15.7. The maximum absolute atomic E-state index is 12.2. The molecule has 0 spiro atoms. The monoisotopic (exact) mass is 330 g/mol. The summed E-state index contributed by atoms with van der Waals surface area (Å²) >= 11 is 0. The van der Waals surface area contributed by atoms with Crippen molar-refractivity contribution in [1.29, 1.82) is 5.41 Å². The van der Waals surface area contributed by atoms with Crippen molar-refractivity contribution in [1.82, 2.24) is 19.8 Å². The van der Waals surface area contributed by atoms with E-state index in [0.717, 1.165) is 0 Å². The first-order valence-corrected chi connectivity index (χ1v) is 7.54. The van der Waals surface area contributed by atoms with Crippen LogP contribution in [0.1, 0.15) is 27.4 Å². The Morgan fingerprint density at radius 3 is 2.54 bits per heavy atom. The summed E-state index contributed by atoms with van der Waals surface area (Å²) < 4.78 is 3.38. The van der Waals surface area contributed by atoms with Crippen molar-refractivity contribution in [2.75, 3.05) is 18.9 Å². The highest BCUT2D eigenvalue weighted by molar-refractivity contribution is 6.04. The highest BCUT2D eigenvalue weighted by atomic mass is 16.2. The van der Waals surface area contributed by atoms with E-state index in [0.29, 0.717) is 35.9 Å². The Morgan fingerprint density at radius 2 is 1.92 bits per heavy atom. The van der Waals surface area contributed by atoms with Gasteiger partial charge in [0.15, 0.2) is 0 Å². The summed E-state index contributed by atoms with van der Waals surface area (Å²) in [6.07, 6.45) is 3.91. The van der Waals surface area contributed by atoms with Gasteiger partial charge >= 0.3 is 0 Å². The zero-order valence-electron chi connectivity index (χ0n) is 14.0. The summed E-state index contributed by atoms with van der Waals surface area (Å²) in [6, 6.07) is 5.14. The minimum atomic E-state index is -0.249. The summed E-state index contributed by atoms with van der Waals surface area (Å²) in [4.78, 5) is 24.4. The first-order valence-electron chi connectivity index (χ1n) is 7.54. The van der Waals surface area contributed by atoms with Crippen LogP contribution in [0.3, 0.4) is 0 Å². The third-order valence-electron chi connectivity index (χ3n) is 3.63. The van der Waals surface area contributed by atoms with Crippen LogP contribution >= 0.6 is 0 Å². The molecule has 2 heterocycles. The third kappa shape index (κ3) is 4.03. The molecule has 2 rings (SSSR count). The molecule has 0 aliphatic carbocycles. The Balaban J connectivity index is 1.99. The zero-order chi connectivity index (χ0) is 17.7. The van der Waals surface area contributed by atoms with Crippen molar-refractivity contribution in [3.05, 3.63) is 42.0 Å². The van der Waals surface area contributed by atoms with Gasteiger partial charge in [-0.15, -0.1) is 0 Å². The van der Waals surface area contributed by atoms with Crippen LogP contribution in [0.4, 0.5) is 5.69 Å². The van der Waals surface area contributed by atoms with Gasteiger partial charge in [-0.05, 0) is 18.2 Å². The van der Waals surface area contributed by atoms with Gasteiger partial charge in [-0.25, -0.2) is 0 Å². The van der Waals surface area contributed by atoms with Gasteiger partial charge in [0.1, 0.15) is 11.4 Å². The molecule has 0 unspecified atom stereocenters. The van der Waals surface area contributed by atoms with E-state index in [9.17, 15) is 9.59 Å². The number of nitrogens with one attached hydrogen (secondary N) is 4. The Hall–Kier alpha value is -3.03. The van der Waals surface area contributed by atoms with Gasteiger partial charge in [-0.2, -0.15) is 0 Å². The van der Waals surface area contributed by atoms with Crippen LogP contribution in [0, 0.1) is 5.41 Å². The molecule has 0 aliphatic rings. The number of aromatic nitrogens is 2. The fourth-order valence-electron chi connectivity index (χ4n) is 2.27. The molecule has 0 radical (unpaired) electrons. The van der Waals surface area contributed by atoms with E-state index in [1.54, 1.807) is 60.9 Å². The second-order valence-electron chi connectivity index (χ2n) is 5.42. The molecule has 0 aliphatic heterocycles. The predicted molar refractivity (Wildman–Crippen MR) is 92.5 cm³/mol. The average Bonchev–Trinajstić information content (AvgIpc) is 3.12. The molecule has 0 saturated heterocycles. The predicted octanol–water partition coefficient (Wildman–Crippen LogP) is 0.932. The van der Waals surface area contributed by atoms with Gasteiger partial charge in [0.25, 0.3) is 11.8 Å². The molecule has 2 aromatic rings. The van der Waals surface area contributed by atoms with Gasteiger partial charge in [-0.1, -0.05) is 0 Å². The lowest BCUT2D eigenvalue weighted by atomic mass is 10.3. The molecule has 0 saturated carbocycles. The van der Waals surface area contributed by atoms with Crippen LogP contribution in [-0.2, 0) is 14.1 Å². The minimum Gasteiger partial charge on any atom is -0.377 e. The molecule has 0 fully saturated rings. The molecule has 0 atom stereocenters.